The molecule has 3 aromatic rings. The standard InChI is InChI=1S/C21H21NO6/c23-15-12-17(14-4-2-1-3-5-14)28-18-13-16(24)21(20(25)19(15)18)27-11-8-22-6-9-26-10-7-22/h1-5,12-13,24-25H,6-11H2. The molecule has 1 fully saturated rings. The second kappa shape index (κ2) is 7.92. The average Bonchev–Trinajstić information content (AvgIpc) is 2.71. The third kappa shape index (κ3) is 3.67. The van der Waals surface area contributed by atoms with Gasteiger partial charge in [0.25, 0.3) is 0 Å². The number of morpholine rings is 1. The molecule has 2 aromatic carbocycles. The smallest absolute Gasteiger partial charge is 0.204 e. The fourth-order valence-corrected chi connectivity index (χ4v) is 3.26. The maximum atomic E-state index is 12.6. The number of phenols is 2. The van der Waals surface area contributed by atoms with Gasteiger partial charge < -0.3 is 24.1 Å². The van der Waals surface area contributed by atoms with Crippen molar-refractivity contribution < 1.29 is 24.1 Å². The zero-order chi connectivity index (χ0) is 19.5. The van der Waals surface area contributed by atoms with Crippen LogP contribution >= 0.6 is 0 Å². The van der Waals surface area contributed by atoms with Crippen molar-refractivity contribution in [2.45, 2.75) is 0 Å². The zero-order valence-corrected chi connectivity index (χ0v) is 15.3. The molecule has 0 bridgehead atoms. The van der Waals surface area contributed by atoms with E-state index in [4.69, 9.17) is 13.9 Å². The van der Waals surface area contributed by atoms with Crippen molar-refractivity contribution in [3.8, 4) is 28.6 Å². The molecule has 0 unspecified atom stereocenters. The van der Waals surface area contributed by atoms with Gasteiger partial charge in [-0.3, -0.25) is 9.69 Å². The van der Waals surface area contributed by atoms with E-state index in [-0.39, 0.29) is 29.1 Å². The van der Waals surface area contributed by atoms with Crippen molar-refractivity contribution in [2.24, 2.45) is 0 Å². The number of rotatable bonds is 5. The van der Waals surface area contributed by atoms with E-state index in [0.717, 1.165) is 18.7 Å². The van der Waals surface area contributed by atoms with Crippen molar-refractivity contribution in [3.05, 3.63) is 52.7 Å². The topological polar surface area (TPSA) is 92.4 Å². The molecule has 4 rings (SSSR count). The Labute approximate surface area is 161 Å². The fourth-order valence-electron chi connectivity index (χ4n) is 3.26. The molecular weight excluding hydrogens is 362 g/mol. The van der Waals surface area contributed by atoms with E-state index in [1.54, 1.807) is 0 Å². The van der Waals surface area contributed by atoms with Gasteiger partial charge in [-0.25, -0.2) is 0 Å². The lowest BCUT2D eigenvalue weighted by Crippen LogP contribution is -2.38. The van der Waals surface area contributed by atoms with Crippen molar-refractivity contribution in [2.75, 3.05) is 39.5 Å². The molecule has 146 valence electrons. The highest BCUT2D eigenvalue weighted by Gasteiger charge is 2.20. The number of hydrogen-bond donors (Lipinski definition) is 2. The van der Waals surface area contributed by atoms with Gasteiger partial charge in [0.1, 0.15) is 23.3 Å². The normalized spacial score (nSPS) is 15.0. The van der Waals surface area contributed by atoms with Crippen molar-refractivity contribution in [1.82, 2.24) is 4.90 Å². The van der Waals surface area contributed by atoms with Gasteiger partial charge in [-0.1, -0.05) is 30.3 Å². The molecule has 1 aliphatic heterocycles. The van der Waals surface area contributed by atoms with Gasteiger partial charge in [0.05, 0.1) is 13.2 Å². The molecular formula is C21H21NO6. The first-order chi connectivity index (χ1) is 13.6. The van der Waals surface area contributed by atoms with E-state index < -0.39 is 11.2 Å². The number of fused-ring (bicyclic) bond motifs is 1. The third-order valence-electron chi connectivity index (χ3n) is 4.74. The van der Waals surface area contributed by atoms with E-state index >= 15 is 0 Å². The second-order valence-electron chi connectivity index (χ2n) is 6.59. The van der Waals surface area contributed by atoms with Crippen LogP contribution in [0.15, 0.2) is 51.7 Å². The largest absolute Gasteiger partial charge is 0.504 e. The van der Waals surface area contributed by atoms with Crippen LogP contribution < -0.4 is 10.2 Å². The van der Waals surface area contributed by atoms with Crippen LogP contribution in [0.3, 0.4) is 0 Å². The average molecular weight is 383 g/mol. The molecule has 0 atom stereocenters. The summed E-state index contributed by atoms with van der Waals surface area (Å²) in [4.78, 5) is 14.8. The summed E-state index contributed by atoms with van der Waals surface area (Å²) < 4.78 is 16.6. The SMILES string of the molecule is O=c1cc(-c2ccccc2)oc2cc(O)c(OCCN3CCOCC3)c(O)c12. The molecule has 2 heterocycles. The summed E-state index contributed by atoms with van der Waals surface area (Å²) in [5.41, 5.74) is 0.420. The Balaban J connectivity index is 1.62. The van der Waals surface area contributed by atoms with Gasteiger partial charge in [0.2, 0.25) is 5.75 Å². The lowest BCUT2D eigenvalue weighted by molar-refractivity contribution is 0.0319. The Bertz CT molecular complexity index is 1020. The summed E-state index contributed by atoms with van der Waals surface area (Å²) in [6, 6.07) is 11.8. The molecule has 0 saturated carbocycles. The van der Waals surface area contributed by atoms with Gasteiger partial charge in [0.15, 0.2) is 16.9 Å². The molecule has 1 aliphatic rings. The van der Waals surface area contributed by atoms with Crippen LogP contribution in [0, 0.1) is 0 Å². The second-order valence-corrected chi connectivity index (χ2v) is 6.59. The number of hydrogen-bond acceptors (Lipinski definition) is 7. The maximum Gasteiger partial charge on any atom is 0.204 e. The van der Waals surface area contributed by atoms with E-state index in [0.29, 0.717) is 25.5 Å². The van der Waals surface area contributed by atoms with Crippen molar-refractivity contribution >= 4 is 11.0 Å². The lowest BCUT2D eigenvalue weighted by Gasteiger charge is -2.26. The molecule has 1 aromatic heterocycles. The Kier molecular flexibility index (Phi) is 5.18. The highest BCUT2D eigenvalue weighted by Crippen LogP contribution is 2.41. The van der Waals surface area contributed by atoms with Gasteiger partial charge in [-0.05, 0) is 0 Å². The minimum Gasteiger partial charge on any atom is -0.504 e. The minimum atomic E-state index is -0.412. The molecule has 0 spiro atoms. The number of ether oxygens (including phenoxy) is 2. The van der Waals surface area contributed by atoms with Crippen LogP contribution in [0.5, 0.6) is 17.2 Å². The number of benzene rings is 2. The van der Waals surface area contributed by atoms with Crippen LogP contribution in [-0.4, -0.2) is 54.6 Å². The van der Waals surface area contributed by atoms with Gasteiger partial charge >= 0.3 is 0 Å². The Morgan fingerprint density at radius 1 is 1.07 bits per heavy atom. The predicted octanol–water partition coefficient (Wildman–Crippen LogP) is 2.58. The summed E-state index contributed by atoms with van der Waals surface area (Å²) in [5.74, 6) is -0.441. The first-order valence-corrected chi connectivity index (χ1v) is 9.14. The van der Waals surface area contributed by atoms with Crippen LogP contribution in [-0.2, 0) is 4.74 Å². The molecule has 0 amide bonds. The molecule has 0 radical (unpaired) electrons. The number of nitrogens with zero attached hydrogens (tertiary/aromatic N) is 1. The highest BCUT2D eigenvalue weighted by atomic mass is 16.5. The van der Waals surface area contributed by atoms with E-state index in [1.165, 1.54) is 12.1 Å². The third-order valence-corrected chi connectivity index (χ3v) is 4.74. The van der Waals surface area contributed by atoms with E-state index in [1.807, 2.05) is 30.3 Å². The number of phenolic OH excluding ortho intramolecular Hbond substituents is 2. The summed E-state index contributed by atoms with van der Waals surface area (Å²) in [6.45, 7) is 3.87. The summed E-state index contributed by atoms with van der Waals surface area (Å²) in [7, 11) is 0. The van der Waals surface area contributed by atoms with Crippen molar-refractivity contribution in [3.63, 3.8) is 0 Å². The zero-order valence-electron chi connectivity index (χ0n) is 15.3. The highest BCUT2D eigenvalue weighted by molar-refractivity contribution is 5.89. The molecule has 7 nitrogen and oxygen atoms in total. The fraction of sp³-hybridized carbons (Fsp3) is 0.286. The summed E-state index contributed by atoms with van der Waals surface area (Å²) in [6.07, 6.45) is 0. The van der Waals surface area contributed by atoms with Gasteiger partial charge in [0, 0.05) is 37.3 Å². The van der Waals surface area contributed by atoms with Crippen molar-refractivity contribution in [1.29, 1.82) is 0 Å². The Hall–Kier alpha value is -3.03. The van der Waals surface area contributed by atoms with Crippen LogP contribution in [0.2, 0.25) is 0 Å². The first kappa shape index (κ1) is 18.3. The maximum absolute atomic E-state index is 12.6. The summed E-state index contributed by atoms with van der Waals surface area (Å²) >= 11 is 0. The Morgan fingerprint density at radius 3 is 2.57 bits per heavy atom. The monoisotopic (exact) mass is 383 g/mol. The van der Waals surface area contributed by atoms with E-state index in [2.05, 4.69) is 4.90 Å². The van der Waals surface area contributed by atoms with Crippen LogP contribution in [0.4, 0.5) is 0 Å². The molecule has 0 aliphatic carbocycles. The molecule has 1 saturated heterocycles. The molecule has 2 N–H and O–H groups in total. The predicted molar refractivity (Wildman–Crippen MR) is 104 cm³/mol. The van der Waals surface area contributed by atoms with Gasteiger partial charge in [-0.2, -0.15) is 0 Å². The minimum absolute atomic E-state index is 0.0150. The van der Waals surface area contributed by atoms with E-state index in [9.17, 15) is 15.0 Å². The molecule has 7 heteroatoms. The van der Waals surface area contributed by atoms with Crippen LogP contribution in [0.25, 0.3) is 22.3 Å². The lowest BCUT2D eigenvalue weighted by atomic mass is 10.1. The first-order valence-electron chi connectivity index (χ1n) is 9.14. The number of aromatic hydroxyl groups is 2. The Morgan fingerprint density at radius 2 is 1.82 bits per heavy atom. The summed E-state index contributed by atoms with van der Waals surface area (Å²) in [5, 5.41) is 20.8. The van der Waals surface area contributed by atoms with Gasteiger partial charge in [-0.15, -0.1) is 0 Å². The van der Waals surface area contributed by atoms with Crippen LogP contribution in [0.1, 0.15) is 0 Å². The quantitative estimate of drug-likeness (QED) is 0.700. The molecule has 28 heavy (non-hydrogen) atoms.